The summed E-state index contributed by atoms with van der Waals surface area (Å²) in [6, 6.07) is 13.9. The smallest absolute Gasteiger partial charge is 0.267 e. The van der Waals surface area contributed by atoms with Crippen molar-refractivity contribution in [2.45, 2.75) is 0 Å². The van der Waals surface area contributed by atoms with Gasteiger partial charge in [0.15, 0.2) is 0 Å². The summed E-state index contributed by atoms with van der Waals surface area (Å²) in [4.78, 5) is 0. The lowest BCUT2D eigenvalue weighted by atomic mass is 10.2. The number of aliphatic hydroxyl groups is 1. The summed E-state index contributed by atoms with van der Waals surface area (Å²) < 4.78 is 32.7. The first-order chi connectivity index (χ1) is 12.1. The van der Waals surface area contributed by atoms with Gasteiger partial charge in [-0.2, -0.15) is 8.42 Å². The Balaban J connectivity index is 0.000000412. The van der Waals surface area contributed by atoms with E-state index in [1.54, 1.807) is 48.5 Å². The second-order valence-corrected chi connectivity index (χ2v) is 6.56. The number of benzene rings is 2. The summed E-state index contributed by atoms with van der Waals surface area (Å²) >= 11 is 0. The van der Waals surface area contributed by atoms with Crippen molar-refractivity contribution < 1.29 is 22.8 Å². The number of nitrogen functional groups attached to an aromatic ring is 2. The fourth-order valence-corrected chi connectivity index (χ4v) is 1.89. The molecule has 0 spiro atoms. The van der Waals surface area contributed by atoms with E-state index in [0.717, 1.165) is 0 Å². The van der Waals surface area contributed by atoms with Crippen LogP contribution in [0.25, 0.3) is 0 Å². The zero-order valence-electron chi connectivity index (χ0n) is 13.7. The van der Waals surface area contributed by atoms with Crippen molar-refractivity contribution in [3.63, 3.8) is 0 Å². The van der Waals surface area contributed by atoms with Gasteiger partial charge in [-0.3, -0.25) is 15.4 Å². The SMILES string of the molecule is N=C(N)c1ccc(Oc2ccc(C(=N)N)cc2)cc1.O=S(=O)(O)CCO. The molecule has 2 aromatic carbocycles. The Kier molecular flexibility index (Phi) is 7.72. The highest BCUT2D eigenvalue weighted by molar-refractivity contribution is 7.85. The average molecular weight is 380 g/mol. The Labute approximate surface area is 151 Å². The first-order valence-corrected chi connectivity index (χ1v) is 8.86. The van der Waals surface area contributed by atoms with E-state index in [2.05, 4.69) is 0 Å². The number of aliphatic hydroxyl groups excluding tert-OH is 1. The van der Waals surface area contributed by atoms with Crippen LogP contribution >= 0.6 is 0 Å². The second kappa shape index (κ2) is 9.51. The van der Waals surface area contributed by atoms with Gasteiger partial charge in [-0.25, -0.2) is 0 Å². The van der Waals surface area contributed by atoms with Gasteiger partial charge in [0.05, 0.1) is 12.4 Å². The molecule has 0 radical (unpaired) electrons. The number of nitrogens with one attached hydrogen (secondary N) is 2. The zero-order valence-corrected chi connectivity index (χ0v) is 14.5. The molecule has 0 aliphatic heterocycles. The Morgan fingerprint density at radius 1 is 0.885 bits per heavy atom. The third kappa shape index (κ3) is 7.75. The van der Waals surface area contributed by atoms with Gasteiger partial charge < -0.3 is 21.3 Å². The van der Waals surface area contributed by atoms with Crippen molar-refractivity contribution in [1.29, 1.82) is 10.8 Å². The zero-order chi connectivity index (χ0) is 19.7. The normalized spacial score (nSPS) is 10.4. The Hall–Kier alpha value is -2.95. The molecule has 0 saturated carbocycles. The van der Waals surface area contributed by atoms with E-state index in [9.17, 15) is 8.42 Å². The molecule has 0 heterocycles. The summed E-state index contributed by atoms with van der Waals surface area (Å²) in [6.07, 6.45) is 0. The molecule has 0 aromatic heterocycles. The van der Waals surface area contributed by atoms with Gasteiger partial charge in [0.25, 0.3) is 10.1 Å². The van der Waals surface area contributed by atoms with Crippen LogP contribution in [-0.4, -0.2) is 42.1 Å². The third-order valence-electron chi connectivity index (χ3n) is 2.92. The fraction of sp³-hybridized carbons (Fsp3) is 0.125. The van der Waals surface area contributed by atoms with Crippen LogP contribution in [0, 0.1) is 10.8 Å². The fourth-order valence-electron chi connectivity index (χ4n) is 1.66. The van der Waals surface area contributed by atoms with E-state index >= 15 is 0 Å². The van der Waals surface area contributed by atoms with Crippen molar-refractivity contribution in [3.8, 4) is 11.5 Å². The standard InChI is InChI=1S/C14H14N4O.C2H6O4S/c15-13(16)9-1-5-11(6-2-9)19-12-7-3-10(4-8-12)14(17)18;3-1-2-7(4,5)6/h1-8H,(H3,15,16)(H3,17,18);3H,1-2H2,(H,4,5,6). The van der Waals surface area contributed by atoms with Gasteiger partial charge in [0.2, 0.25) is 0 Å². The van der Waals surface area contributed by atoms with Crippen LogP contribution in [0.4, 0.5) is 0 Å². The minimum atomic E-state index is -3.92. The molecule has 0 amide bonds. The molecule has 9 nitrogen and oxygen atoms in total. The molecule has 0 saturated heterocycles. The van der Waals surface area contributed by atoms with Crippen molar-refractivity contribution in [2.24, 2.45) is 11.5 Å². The van der Waals surface area contributed by atoms with Gasteiger partial charge in [0, 0.05) is 11.1 Å². The van der Waals surface area contributed by atoms with E-state index in [0.29, 0.717) is 22.6 Å². The van der Waals surface area contributed by atoms with Gasteiger partial charge >= 0.3 is 0 Å². The van der Waals surface area contributed by atoms with E-state index in [-0.39, 0.29) is 11.7 Å². The Morgan fingerprint density at radius 3 is 1.42 bits per heavy atom. The maximum Gasteiger partial charge on any atom is 0.267 e. The molecule has 10 heteroatoms. The Bertz CT molecular complexity index is 794. The number of rotatable bonds is 6. The molecule has 0 fully saturated rings. The number of nitrogens with two attached hydrogens (primary N) is 2. The molecular weight excluding hydrogens is 360 g/mol. The predicted molar refractivity (Wildman–Crippen MR) is 98.5 cm³/mol. The monoisotopic (exact) mass is 380 g/mol. The van der Waals surface area contributed by atoms with Gasteiger partial charge in [0.1, 0.15) is 23.2 Å². The van der Waals surface area contributed by atoms with Crippen molar-refractivity contribution in [2.75, 3.05) is 12.4 Å². The lowest BCUT2D eigenvalue weighted by molar-refractivity contribution is 0.315. The Morgan fingerprint density at radius 2 is 1.23 bits per heavy atom. The first kappa shape index (κ1) is 21.1. The summed E-state index contributed by atoms with van der Waals surface area (Å²) in [5.41, 5.74) is 12.0. The van der Waals surface area contributed by atoms with E-state index < -0.39 is 22.5 Å². The topological polar surface area (TPSA) is 184 Å². The maximum absolute atomic E-state index is 9.63. The second-order valence-electron chi connectivity index (χ2n) is 4.99. The predicted octanol–water partition coefficient (Wildman–Crippen LogP) is 0.914. The molecule has 26 heavy (non-hydrogen) atoms. The lowest BCUT2D eigenvalue weighted by Gasteiger charge is -2.07. The quantitative estimate of drug-likeness (QED) is 0.244. The number of hydrogen-bond acceptors (Lipinski definition) is 6. The number of hydrogen-bond donors (Lipinski definition) is 6. The molecule has 0 aliphatic rings. The van der Waals surface area contributed by atoms with Crippen LogP contribution in [0.2, 0.25) is 0 Å². The highest BCUT2D eigenvalue weighted by Gasteiger charge is 2.01. The van der Waals surface area contributed by atoms with Crippen LogP contribution in [0.15, 0.2) is 48.5 Å². The van der Waals surface area contributed by atoms with Crippen LogP contribution in [0.1, 0.15) is 11.1 Å². The molecule has 8 N–H and O–H groups in total. The largest absolute Gasteiger partial charge is 0.457 e. The molecule has 0 unspecified atom stereocenters. The number of amidine groups is 2. The molecule has 140 valence electrons. The highest BCUT2D eigenvalue weighted by Crippen LogP contribution is 2.21. The van der Waals surface area contributed by atoms with Gasteiger partial charge in [-0.05, 0) is 48.5 Å². The molecule has 0 bridgehead atoms. The maximum atomic E-state index is 9.63. The molecule has 2 aromatic rings. The lowest BCUT2D eigenvalue weighted by Crippen LogP contribution is -2.10. The summed E-state index contributed by atoms with van der Waals surface area (Å²) in [6.45, 7) is -0.529. The summed E-state index contributed by atoms with van der Waals surface area (Å²) in [7, 11) is -3.92. The van der Waals surface area contributed by atoms with E-state index in [4.69, 9.17) is 36.7 Å². The van der Waals surface area contributed by atoms with E-state index in [1.165, 1.54) is 0 Å². The highest BCUT2D eigenvalue weighted by atomic mass is 32.2. The minimum Gasteiger partial charge on any atom is -0.457 e. The minimum absolute atomic E-state index is 0.0253. The van der Waals surface area contributed by atoms with Crippen LogP contribution < -0.4 is 16.2 Å². The molecular formula is C16H20N4O5S. The van der Waals surface area contributed by atoms with Gasteiger partial charge in [-0.15, -0.1) is 0 Å². The van der Waals surface area contributed by atoms with Crippen LogP contribution in [0.5, 0.6) is 11.5 Å². The summed E-state index contributed by atoms with van der Waals surface area (Å²) in [5, 5.41) is 22.5. The molecule has 0 aliphatic carbocycles. The third-order valence-corrected chi connectivity index (χ3v) is 3.61. The van der Waals surface area contributed by atoms with Gasteiger partial charge in [-0.1, -0.05) is 0 Å². The summed E-state index contributed by atoms with van der Waals surface area (Å²) in [5.74, 6) is 0.781. The van der Waals surface area contributed by atoms with Crippen molar-refractivity contribution in [3.05, 3.63) is 59.7 Å². The molecule has 2 rings (SSSR count). The van der Waals surface area contributed by atoms with Crippen LogP contribution in [-0.2, 0) is 10.1 Å². The van der Waals surface area contributed by atoms with Crippen LogP contribution in [0.3, 0.4) is 0 Å². The average Bonchev–Trinajstić information content (AvgIpc) is 2.55. The van der Waals surface area contributed by atoms with Crippen molar-refractivity contribution >= 4 is 21.8 Å². The first-order valence-electron chi connectivity index (χ1n) is 7.25. The van der Waals surface area contributed by atoms with Crippen molar-refractivity contribution in [1.82, 2.24) is 0 Å². The van der Waals surface area contributed by atoms with E-state index in [1.807, 2.05) is 0 Å². The number of ether oxygens (including phenoxy) is 1. The molecule has 0 atom stereocenters.